The molecule has 4 N–H and O–H groups in total. The van der Waals surface area contributed by atoms with Gasteiger partial charge >= 0.3 is 4.87 Å². The van der Waals surface area contributed by atoms with Crippen LogP contribution in [0.4, 0.5) is 5.69 Å². The van der Waals surface area contributed by atoms with Crippen LogP contribution in [0.3, 0.4) is 0 Å². The Labute approximate surface area is 119 Å². The zero-order chi connectivity index (χ0) is 13.9. The van der Waals surface area contributed by atoms with Crippen molar-refractivity contribution in [1.29, 1.82) is 0 Å². The number of nitrogens with zero attached hydrogens (tertiary/aromatic N) is 1. The highest BCUT2D eigenvalue weighted by Crippen LogP contribution is 2.19. The molecule has 0 saturated carbocycles. The maximum Gasteiger partial charge on any atom is 0.304 e. The maximum absolute atomic E-state index is 11.0. The summed E-state index contributed by atoms with van der Waals surface area (Å²) in [7, 11) is 0. The summed E-state index contributed by atoms with van der Waals surface area (Å²) in [5.41, 5.74) is 9.43. The Hall–Kier alpha value is -2.18. The van der Waals surface area contributed by atoms with Crippen molar-refractivity contribution in [2.24, 2.45) is 0 Å². The number of para-hydroxylation sites is 1. The van der Waals surface area contributed by atoms with Crippen LogP contribution in [-0.2, 0) is 13.1 Å². The number of nitrogens with two attached hydrogens (primary N) is 1. The molecule has 3 rings (SSSR count). The van der Waals surface area contributed by atoms with Gasteiger partial charge in [0.2, 0.25) is 0 Å². The molecule has 0 aliphatic rings. The molecule has 0 fully saturated rings. The number of nitrogens with one attached hydrogen (secondary N) is 2. The molecule has 5 nitrogen and oxygen atoms in total. The van der Waals surface area contributed by atoms with Crippen LogP contribution in [0.5, 0.6) is 0 Å². The lowest BCUT2D eigenvalue weighted by Crippen LogP contribution is -2.15. The van der Waals surface area contributed by atoms with Crippen LogP contribution in [0.25, 0.3) is 10.9 Å². The van der Waals surface area contributed by atoms with Crippen molar-refractivity contribution < 1.29 is 0 Å². The zero-order valence-electron chi connectivity index (χ0n) is 10.7. The van der Waals surface area contributed by atoms with Gasteiger partial charge in [0.1, 0.15) is 0 Å². The Bertz CT molecular complexity index is 793. The van der Waals surface area contributed by atoms with Crippen molar-refractivity contribution in [2.45, 2.75) is 13.1 Å². The van der Waals surface area contributed by atoms with Gasteiger partial charge in [-0.25, -0.2) is 0 Å². The molecule has 1 aromatic carbocycles. The topological polar surface area (TPSA) is 83.8 Å². The molecule has 0 spiro atoms. The molecule has 0 amide bonds. The number of benzene rings is 1. The Balaban J connectivity index is 1.73. The third kappa shape index (κ3) is 2.71. The summed E-state index contributed by atoms with van der Waals surface area (Å²) in [5, 5.41) is 6.03. The molecule has 0 unspecified atom stereocenters. The molecule has 0 aliphatic carbocycles. The predicted octanol–water partition coefficient (Wildman–Crippen LogP) is 1.86. The van der Waals surface area contributed by atoms with Gasteiger partial charge in [0.25, 0.3) is 0 Å². The fourth-order valence-electron chi connectivity index (χ4n) is 2.08. The van der Waals surface area contributed by atoms with Crippen LogP contribution in [0.1, 0.15) is 11.4 Å². The van der Waals surface area contributed by atoms with Gasteiger partial charge < -0.3 is 16.0 Å². The highest BCUT2D eigenvalue weighted by molar-refractivity contribution is 7.07. The molecule has 20 heavy (non-hydrogen) atoms. The molecule has 3 aromatic rings. The van der Waals surface area contributed by atoms with Crippen molar-refractivity contribution in [1.82, 2.24) is 15.3 Å². The van der Waals surface area contributed by atoms with Gasteiger partial charge in [0, 0.05) is 35.2 Å². The third-order valence-corrected chi connectivity index (χ3v) is 3.71. The summed E-state index contributed by atoms with van der Waals surface area (Å²) in [6, 6.07) is 9.69. The van der Waals surface area contributed by atoms with Crippen LogP contribution in [0.2, 0.25) is 0 Å². The van der Waals surface area contributed by atoms with Gasteiger partial charge in [0.15, 0.2) is 0 Å². The minimum Gasteiger partial charge on any atom is -0.398 e. The summed E-state index contributed by atoms with van der Waals surface area (Å²) in [4.78, 5) is 18.3. The molecule has 102 valence electrons. The minimum absolute atomic E-state index is 0.0325. The van der Waals surface area contributed by atoms with E-state index in [0.717, 1.165) is 28.0 Å². The summed E-state index contributed by atoms with van der Waals surface area (Å²) >= 11 is 1.17. The number of rotatable bonds is 4. The first-order valence-corrected chi connectivity index (χ1v) is 7.12. The molecular weight excluding hydrogens is 272 g/mol. The van der Waals surface area contributed by atoms with E-state index >= 15 is 0 Å². The molecule has 0 radical (unpaired) electrons. The SMILES string of the molecule is Nc1cc(CNCc2csc(=O)[nH]2)nc2ccccc12. The van der Waals surface area contributed by atoms with E-state index in [2.05, 4.69) is 15.3 Å². The first kappa shape index (κ1) is 12.8. The number of nitrogen functional groups attached to an aromatic ring is 1. The summed E-state index contributed by atoms with van der Waals surface area (Å²) in [6.07, 6.45) is 0. The molecule has 0 bridgehead atoms. The quantitative estimate of drug-likeness (QED) is 0.683. The average Bonchev–Trinajstić information content (AvgIpc) is 2.85. The lowest BCUT2D eigenvalue weighted by molar-refractivity contribution is 0.671. The Kier molecular flexibility index (Phi) is 3.49. The fourth-order valence-corrected chi connectivity index (χ4v) is 2.66. The molecular formula is C14H14N4OS. The Morgan fingerprint density at radius 1 is 1.30 bits per heavy atom. The van der Waals surface area contributed by atoms with Gasteiger partial charge in [-0.2, -0.15) is 0 Å². The highest BCUT2D eigenvalue weighted by atomic mass is 32.1. The van der Waals surface area contributed by atoms with Crippen molar-refractivity contribution in [3.05, 3.63) is 56.8 Å². The number of aromatic nitrogens is 2. The van der Waals surface area contributed by atoms with Crippen LogP contribution in [0.15, 0.2) is 40.5 Å². The molecule has 0 atom stereocenters. The molecule has 6 heteroatoms. The van der Waals surface area contributed by atoms with Gasteiger partial charge in [-0.1, -0.05) is 29.5 Å². The second-order valence-electron chi connectivity index (χ2n) is 4.50. The number of fused-ring (bicyclic) bond motifs is 1. The Morgan fingerprint density at radius 3 is 2.95 bits per heavy atom. The smallest absolute Gasteiger partial charge is 0.304 e. The summed E-state index contributed by atoms with van der Waals surface area (Å²) in [5.74, 6) is 0. The van der Waals surface area contributed by atoms with Crippen LogP contribution in [0, 0.1) is 0 Å². The van der Waals surface area contributed by atoms with Gasteiger partial charge in [-0.15, -0.1) is 0 Å². The number of anilines is 1. The van der Waals surface area contributed by atoms with Crippen LogP contribution < -0.4 is 15.9 Å². The second kappa shape index (κ2) is 5.44. The first-order chi connectivity index (χ1) is 9.72. The monoisotopic (exact) mass is 286 g/mol. The van der Waals surface area contributed by atoms with E-state index in [0.29, 0.717) is 13.1 Å². The van der Waals surface area contributed by atoms with E-state index in [4.69, 9.17) is 5.73 Å². The van der Waals surface area contributed by atoms with Gasteiger partial charge in [0.05, 0.1) is 11.2 Å². The Morgan fingerprint density at radius 2 is 2.15 bits per heavy atom. The second-order valence-corrected chi connectivity index (χ2v) is 5.34. The average molecular weight is 286 g/mol. The number of pyridine rings is 1. The highest BCUT2D eigenvalue weighted by Gasteiger charge is 2.03. The fraction of sp³-hybridized carbons (Fsp3) is 0.143. The van der Waals surface area contributed by atoms with Gasteiger partial charge in [-0.05, 0) is 12.1 Å². The normalized spacial score (nSPS) is 11.0. The van der Waals surface area contributed by atoms with Crippen molar-refractivity contribution in [2.75, 3.05) is 5.73 Å². The summed E-state index contributed by atoms with van der Waals surface area (Å²) in [6.45, 7) is 1.21. The molecule has 0 aliphatic heterocycles. The largest absolute Gasteiger partial charge is 0.398 e. The number of aromatic amines is 1. The summed E-state index contributed by atoms with van der Waals surface area (Å²) < 4.78 is 0. The van der Waals surface area contributed by atoms with E-state index in [1.54, 1.807) is 0 Å². The number of H-pyrrole nitrogens is 1. The van der Waals surface area contributed by atoms with E-state index in [9.17, 15) is 4.79 Å². The van der Waals surface area contributed by atoms with E-state index < -0.39 is 0 Å². The van der Waals surface area contributed by atoms with E-state index in [1.165, 1.54) is 11.3 Å². The van der Waals surface area contributed by atoms with E-state index in [-0.39, 0.29) is 4.87 Å². The van der Waals surface area contributed by atoms with Gasteiger partial charge in [-0.3, -0.25) is 9.78 Å². The molecule has 2 heterocycles. The number of hydrogen-bond acceptors (Lipinski definition) is 5. The molecule has 0 saturated heterocycles. The van der Waals surface area contributed by atoms with E-state index in [1.807, 2.05) is 35.7 Å². The van der Waals surface area contributed by atoms with Crippen molar-refractivity contribution in [3.8, 4) is 0 Å². The predicted molar refractivity (Wildman–Crippen MR) is 81.6 cm³/mol. The first-order valence-electron chi connectivity index (χ1n) is 6.24. The number of thiazole rings is 1. The zero-order valence-corrected chi connectivity index (χ0v) is 11.5. The minimum atomic E-state index is -0.0325. The third-order valence-electron chi connectivity index (χ3n) is 2.99. The lowest BCUT2D eigenvalue weighted by atomic mass is 10.1. The van der Waals surface area contributed by atoms with Crippen LogP contribution in [-0.4, -0.2) is 9.97 Å². The molecule has 2 aromatic heterocycles. The standard InChI is InChI=1S/C14H14N4OS/c15-12-5-9(17-13-4-2-1-3-11(12)13)6-16-7-10-8-20-14(19)18-10/h1-5,8,16H,6-7H2,(H2,15,17)(H,18,19). The van der Waals surface area contributed by atoms with Crippen molar-refractivity contribution in [3.63, 3.8) is 0 Å². The maximum atomic E-state index is 11.0. The van der Waals surface area contributed by atoms with Crippen molar-refractivity contribution >= 4 is 27.9 Å². The number of hydrogen-bond donors (Lipinski definition) is 3. The van der Waals surface area contributed by atoms with Crippen LogP contribution >= 0.6 is 11.3 Å². The lowest BCUT2D eigenvalue weighted by Gasteiger charge is -2.07.